The molecule has 1 amide bonds. The van der Waals surface area contributed by atoms with E-state index >= 15 is 0 Å². The number of amides is 1. The predicted octanol–water partition coefficient (Wildman–Crippen LogP) is 7.58. The van der Waals surface area contributed by atoms with Crippen LogP contribution in [0.3, 0.4) is 0 Å². The normalized spacial score (nSPS) is 16.5. The van der Waals surface area contributed by atoms with Crippen molar-refractivity contribution in [1.29, 1.82) is 0 Å². The van der Waals surface area contributed by atoms with E-state index in [2.05, 4.69) is 65.1 Å². The highest BCUT2D eigenvalue weighted by atomic mass is 16.5. The van der Waals surface area contributed by atoms with Crippen molar-refractivity contribution in [3.63, 3.8) is 0 Å². The number of nitrogens with zero attached hydrogens (tertiary/aromatic N) is 2. The number of carbonyl (C=O) groups excluding carboxylic acids is 1. The number of nitrogens with one attached hydrogen (secondary N) is 1. The van der Waals surface area contributed by atoms with Crippen molar-refractivity contribution in [2.24, 2.45) is 0 Å². The zero-order valence-corrected chi connectivity index (χ0v) is 27.5. The Kier molecular flexibility index (Phi) is 12.5. The smallest absolute Gasteiger partial charge is 0.251 e. The van der Waals surface area contributed by atoms with Gasteiger partial charge in [0.15, 0.2) is 0 Å². The Balaban J connectivity index is 0.000000760. The van der Waals surface area contributed by atoms with Gasteiger partial charge in [0.05, 0.1) is 6.61 Å². The average Bonchev–Trinajstić information content (AvgIpc) is 3.63. The average molecular weight is 624 g/mol. The molecule has 3 aromatic carbocycles. The second kappa shape index (κ2) is 17.1. The Morgan fingerprint density at radius 2 is 1.76 bits per heavy atom. The van der Waals surface area contributed by atoms with Gasteiger partial charge in [-0.1, -0.05) is 42.5 Å². The number of anilines is 2. The minimum Gasteiger partial charge on any atom is -0.493 e. The van der Waals surface area contributed by atoms with Gasteiger partial charge in [-0.15, -0.1) is 6.58 Å². The van der Waals surface area contributed by atoms with E-state index in [0.717, 1.165) is 91.7 Å². The van der Waals surface area contributed by atoms with Gasteiger partial charge in [-0.3, -0.25) is 9.69 Å². The lowest BCUT2D eigenvalue weighted by atomic mass is 9.99. The highest BCUT2D eigenvalue weighted by molar-refractivity contribution is 6.07. The first-order chi connectivity index (χ1) is 22.6. The van der Waals surface area contributed by atoms with Crippen molar-refractivity contribution in [2.45, 2.75) is 51.6 Å². The summed E-state index contributed by atoms with van der Waals surface area (Å²) < 4.78 is 16.3. The third-order valence-electron chi connectivity index (χ3n) is 8.77. The van der Waals surface area contributed by atoms with Crippen LogP contribution in [-0.2, 0) is 20.8 Å². The molecule has 3 heterocycles. The SMILES string of the molecule is C1CCOC1.C=CCN1CCC(C(=O)Nc2ccc(CN(C)C3CCOCC3)cc2)=Cc2cc(-c3ccccc3OCC)ccc21. The molecular formula is C39H49N3O4. The number of hydrogen-bond donors (Lipinski definition) is 1. The molecule has 244 valence electrons. The Bertz CT molecular complexity index is 1450. The number of benzene rings is 3. The van der Waals surface area contributed by atoms with E-state index < -0.39 is 0 Å². The Morgan fingerprint density at radius 1 is 1.02 bits per heavy atom. The highest BCUT2D eigenvalue weighted by Crippen LogP contribution is 2.36. The summed E-state index contributed by atoms with van der Waals surface area (Å²) >= 11 is 0. The largest absolute Gasteiger partial charge is 0.493 e. The predicted molar refractivity (Wildman–Crippen MR) is 188 cm³/mol. The Labute approximate surface area is 274 Å². The molecule has 0 aromatic heterocycles. The zero-order chi connectivity index (χ0) is 32.1. The van der Waals surface area contributed by atoms with Crippen LogP contribution in [-0.4, -0.2) is 70.0 Å². The lowest BCUT2D eigenvalue weighted by Crippen LogP contribution is -2.36. The molecule has 7 nitrogen and oxygen atoms in total. The minimum atomic E-state index is -0.0661. The molecule has 0 saturated carbocycles. The fraction of sp³-hybridized carbons (Fsp3) is 0.410. The summed E-state index contributed by atoms with van der Waals surface area (Å²) in [5, 5.41) is 3.14. The molecule has 3 aliphatic heterocycles. The van der Waals surface area contributed by atoms with E-state index in [0.29, 0.717) is 25.6 Å². The molecule has 3 aromatic rings. The molecule has 0 aliphatic carbocycles. The molecule has 2 saturated heterocycles. The van der Waals surface area contributed by atoms with Gasteiger partial charge in [-0.05, 0) is 99.2 Å². The van der Waals surface area contributed by atoms with Crippen molar-refractivity contribution in [3.05, 3.63) is 96.1 Å². The van der Waals surface area contributed by atoms with Crippen LogP contribution >= 0.6 is 0 Å². The molecule has 0 spiro atoms. The fourth-order valence-electron chi connectivity index (χ4n) is 6.23. The molecule has 0 atom stereocenters. The maximum atomic E-state index is 13.5. The van der Waals surface area contributed by atoms with E-state index in [4.69, 9.17) is 14.2 Å². The van der Waals surface area contributed by atoms with Crippen molar-refractivity contribution in [3.8, 4) is 16.9 Å². The van der Waals surface area contributed by atoms with Crippen molar-refractivity contribution in [2.75, 3.05) is 63.4 Å². The molecular weight excluding hydrogens is 574 g/mol. The second-order valence-electron chi connectivity index (χ2n) is 12.1. The molecule has 0 bridgehead atoms. The van der Waals surface area contributed by atoms with Crippen molar-refractivity contribution >= 4 is 23.4 Å². The third kappa shape index (κ3) is 9.09. The van der Waals surface area contributed by atoms with E-state index in [-0.39, 0.29) is 5.91 Å². The van der Waals surface area contributed by atoms with Gasteiger partial charge in [-0.2, -0.15) is 0 Å². The van der Waals surface area contributed by atoms with Crippen LogP contribution in [0.15, 0.2) is 85.0 Å². The van der Waals surface area contributed by atoms with Crippen molar-refractivity contribution < 1.29 is 19.0 Å². The topological polar surface area (TPSA) is 63.3 Å². The number of para-hydroxylation sites is 1. The summed E-state index contributed by atoms with van der Waals surface area (Å²) in [5.41, 5.74) is 7.02. The summed E-state index contributed by atoms with van der Waals surface area (Å²) in [6.07, 6.45) is 9.31. The van der Waals surface area contributed by atoms with Gasteiger partial charge in [-0.25, -0.2) is 0 Å². The molecule has 46 heavy (non-hydrogen) atoms. The summed E-state index contributed by atoms with van der Waals surface area (Å²) in [6.45, 7) is 12.6. The van der Waals surface area contributed by atoms with Gasteiger partial charge in [0.25, 0.3) is 5.91 Å². The highest BCUT2D eigenvalue weighted by Gasteiger charge is 2.21. The lowest BCUT2D eigenvalue weighted by molar-refractivity contribution is -0.112. The van der Waals surface area contributed by atoms with Gasteiger partial charge in [0.1, 0.15) is 5.75 Å². The van der Waals surface area contributed by atoms with Crippen LogP contribution in [0.25, 0.3) is 17.2 Å². The molecule has 6 rings (SSSR count). The number of hydrogen-bond acceptors (Lipinski definition) is 6. The molecule has 7 heteroatoms. The van der Waals surface area contributed by atoms with E-state index in [9.17, 15) is 4.79 Å². The van der Waals surface area contributed by atoms with E-state index in [1.165, 1.54) is 18.4 Å². The first-order valence-electron chi connectivity index (χ1n) is 16.7. The Hall–Kier alpha value is -3.91. The second-order valence-corrected chi connectivity index (χ2v) is 12.1. The molecule has 1 N–H and O–H groups in total. The van der Waals surface area contributed by atoms with Crippen LogP contribution in [0.5, 0.6) is 5.75 Å². The lowest BCUT2D eigenvalue weighted by Gasteiger charge is -2.31. The minimum absolute atomic E-state index is 0.0661. The summed E-state index contributed by atoms with van der Waals surface area (Å²) in [6, 6.07) is 23.3. The monoisotopic (exact) mass is 623 g/mol. The van der Waals surface area contributed by atoms with Gasteiger partial charge < -0.3 is 24.4 Å². The molecule has 3 aliphatic rings. The van der Waals surface area contributed by atoms with E-state index in [1.807, 2.05) is 49.4 Å². The zero-order valence-electron chi connectivity index (χ0n) is 27.5. The summed E-state index contributed by atoms with van der Waals surface area (Å²) in [4.78, 5) is 18.2. The van der Waals surface area contributed by atoms with Gasteiger partial charge in [0.2, 0.25) is 0 Å². The van der Waals surface area contributed by atoms with Crippen LogP contribution in [0, 0.1) is 0 Å². The molecule has 0 unspecified atom stereocenters. The Morgan fingerprint density at radius 3 is 2.46 bits per heavy atom. The van der Waals surface area contributed by atoms with E-state index in [1.54, 1.807) is 0 Å². The maximum Gasteiger partial charge on any atom is 0.251 e. The maximum absolute atomic E-state index is 13.5. The number of rotatable bonds is 10. The van der Waals surface area contributed by atoms with Crippen LogP contribution < -0.4 is 15.0 Å². The van der Waals surface area contributed by atoms with Crippen molar-refractivity contribution in [1.82, 2.24) is 4.90 Å². The quantitative estimate of drug-likeness (QED) is 0.235. The number of fused-ring (bicyclic) bond motifs is 1. The molecule has 2 fully saturated rings. The fourth-order valence-corrected chi connectivity index (χ4v) is 6.23. The standard InChI is InChI=1S/C35H41N3O3.C4H8O/c1-4-19-38-20-16-28(24-29-23-27(12-15-33(29)38)32-8-6-7-9-34(32)41-5-2)35(39)36-30-13-10-26(11-14-30)25-37(3)31-17-21-40-22-18-31;1-2-4-5-3-1/h4,6-15,23-24,31H,1,5,16-22,25H2,2-3H3,(H,36,39);1-4H2. The van der Waals surface area contributed by atoms with Crippen LogP contribution in [0.1, 0.15) is 50.2 Å². The third-order valence-corrected chi connectivity index (χ3v) is 8.77. The number of carbonyl (C=O) groups is 1. The van der Waals surface area contributed by atoms with Crippen LogP contribution in [0.2, 0.25) is 0 Å². The molecule has 0 radical (unpaired) electrons. The number of ether oxygens (including phenoxy) is 3. The van der Waals surface area contributed by atoms with Gasteiger partial charge >= 0.3 is 0 Å². The first-order valence-corrected chi connectivity index (χ1v) is 16.7. The van der Waals surface area contributed by atoms with Crippen LogP contribution in [0.4, 0.5) is 11.4 Å². The van der Waals surface area contributed by atoms with Gasteiger partial charge in [0, 0.05) is 74.6 Å². The summed E-state index contributed by atoms with van der Waals surface area (Å²) in [7, 11) is 2.18. The summed E-state index contributed by atoms with van der Waals surface area (Å²) in [5.74, 6) is 0.791. The first kappa shape index (κ1) is 33.5.